The van der Waals surface area contributed by atoms with E-state index in [9.17, 15) is 5.11 Å². The predicted octanol–water partition coefficient (Wildman–Crippen LogP) is 1.66. The van der Waals surface area contributed by atoms with Crippen molar-refractivity contribution in [1.82, 2.24) is 0 Å². The molecule has 0 spiro atoms. The zero-order valence-corrected chi connectivity index (χ0v) is 10.6. The molecule has 0 amide bonds. The predicted molar refractivity (Wildman–Crippen MR) is 67.0 cm³/mol. The Morgan fingerprint density at radius 1 is 1.47 bits per heavy atom. The van der Waals surface area contributed by atoms with Gasteiger partial charge in [0, 0.05) is 6.54 Å². The van der Waals surface area contributed by atoms with Gasteiger partial charge in [-0.2, -0.15) is 0 Å². The molecule has 0 fully saturated rings. The molecule has 0 saturated heterocycles. The third-order valence-corrected chi connectivity index (χ3v) is 2.70. The lowest BCUT2D eigenvalue weighted by molar-refractivity contribution is 0.0853. The molecule has 0 radical (unpaired) electrons. The molecule has 0 unspecified atom stereocenters. The molecule has 2 rings (SSSR count). The molecular weight excluding hydrogens is 218 g/mol. The zero-order valence-electron chi connectivity index (χ0n) is 10.6. The third kappa shape index (κ3) is 2.64. The van der Waals surface area contributed by atoms with Crippen LogP contribution in [-0.2, 0) is 0 Å². The molecule has 0 saturated carbocycles. The Labute approximate surface area is 102 Å². The lowest BCUT2D eigenvalue weighted by Crippen LogP contribution is -2.42. The van der Waals surface area contributed by atoms with Crippen molar-refractivity contribution in [3.05, 3.63) is 18.2 Å². The summed E-state index contributed by atoms with van der Waals surface area (Å²) < 4.78 is 10.9. The highest BCUT2D eigenvalue weighted by Gasteiger charge is 2.25. The van der Waals surface area contributed by atoms with Gasteiger partial charge >= 0.3 is 0 Å². The number of rotatable bonds is 3. The number of benzene rings is 1. The first-order chi connectivity index (χ1) is 8.01. The summed E-state index contributed by atoms with van der Waals surface area (Å²) in [6, 6.07) is 5.80. The normalized spacial score (nSPS) is 15.2. The maximum Gasteiger partial charge on any atom is 0.184 e. The van der Waals surface area contributed by atoms with Crippen LogP contribution in [0.3, 0.4) is 0 Å². The fourth-order valence-corrected chi connectivity index (χ4v) is 2.07. The standard InChI is InChI=1S/C13H19NO3/c1-13(2,15)9-14-7-8-17-12-10(14)5-4-6-11(12)16-3/h4-6,15H,7-9H2,1-3H3. The van der Waals surface area contributed by atoms with Gasteiger partial charge in [-0.1, -0.05) is 6.07 Å². The molecule has 4 nitrogen and oxygen atoms in total. The SMILES string of the molecule is COc1cccc2c1OCCN2CC(C)(C)O. The van der Waals surface area contributed by atoms with Crippen molar-refractivity contribution in [2.75, 3.05) is 31.7 Å². The Morgan fingerprint density at radius 2 is 2.24 bits per heavy atom. The number of fused-ring (bicyclic) bond motifs is 1. The van der Waals surface area contributed by atoms with E-state index in [1.165, 1.54) is 0 Å². The van der Waals surface area contributed by atoms with Crippen LogP contribution >= 0.6 is 0 Å². The van der Waals surface area contributed by atoms with E-state index in [0.29, 0.717) is 13.2 Å². The molecule has 1 aliphatic rings. The summed E-state index contributed by atoms with van der Waals surface area (Å²) >= 11 is 0. The fourth-order valence-electron chi connectivity index (χ4n) is 2.07. The molecule has 94 valence electrons. The van der Waals surface area contributed by atoms with Crippen LogP contribution in [0.4, 0.5) is 5.69 Å². The monoisotopic (exact) mass is 237 g/mol. The molecular formula is C13H19NO3. The highest BCUT2D eigenvalue weighted by Crippen LogP contribution is 2.39. The lowest BCUT2D eigenvalue weighted by atomic mass is 10.1. The molecule has 17 heavy (non-hydrogen) atoms. The maximum atomic E-state index is 9.91. The molecule has 0 atom stereocenters. The highest BCUT2D eigenvalue weighted by molar-refractivity contribution is 5.66. The minimum atomic E-state index is -0.725. The minimum absolute atomic E-state index is 0.580. The number of nitrogens with zero attached hydrogens (tertiary/aromatic N) is 1. The summed E-state index contributed by atoms with van der Waals surface area (Å²) in [5.41, 5.74) is 0.259. The number of anilines is 1. The summed E-state index contributed by atoms with van der Waals surface area (Å²) in [6.45, 7) is 5.59. The molecule has 1 aliphatic heterocycles. The van der Waals surface area contributed by atoms with Gasteiger partial charge in [-0.05, 0) is 26.0 Å². The van der Waals surface area contributed by atoms with E-state index in [-0.39, 0.29) is 0 Å². The van der Waals surface area contributed by atoms with E-state index < -0.39 is 5.60 Å². The summed E-state index contributed by atoms with van der Waals surface area (Å²) in [5, 5.41) is 9.91. The summed E-state index contributed by atoms with van der Waals surface area (Å²) in [4.78, 5) is 2.13. The Hall–Kier alpha value is -1.42. The number of methoxy groups -OCH3 is 1. The topological polar surface area (TPSA) is 41.9 Å². The van der Waals surface area contributed by atoms with Gasteiger partial charge in [0.2, 0.25) is 0 Å². The Kier molecular flexibility index (Phi) is 3.15. The minimum Gasteiger partial charge on any atom is -0.493 e. The van der Waals surface area contributed by atoms with Crippen molar-refractivity contribution in [3.63, 3.8) is 0 Å². The summed E-state index contributed by atoms with van der Waals surface area (Å²) in [6.07, 6.45) is 0. The number of para-hydroxylation sites is 1. The number of hydrogen-bond acceptors (Lipinski definition) is 4. The summed E-state index contributed by atoms with van der Waals surface area (Å²) in [7, 11) is 1.63. The van der Waals surface area contributed by atoms with E-state index in [1.807, 2.05) is 32.0 Å². The van der Waals surface area contributed by atoms with Crippen LogP contribution in [0.5, 0.6) is 11.5 Å². The van der Waals surface area contributed by atoms with E-state index in [4.69, 9.17) is 9.47 Å². The molecule has 0 aliphatic carbocycles. The van der Waals surface area contributed by atoms with Crippen LogP contribution in [-0.4, -0.2) is 37.5 Å². The van der Waals surface area contributed by atoms with Crippen LogP contribution in [0.25, 0.3) is 0 Å². The summed E-state index contributed by atoms with van der Waals surface area (Å²) in [5.74, 6) is 1.51. The second-order valence-corrected chi connectivity index (χ2v) is 4.89. The van der Waals surface area contributed by atoms with Crippen molar-refractivity contribution in [2.45, 2.75) is 19.4 Å². The van der Waals surface area contributed by atoms with Gasteiger partial charge in [0.05, 0.1) is 24.9 Å². The van der Waals surface area contributed by atoms with Crippen LogP contribution in [0, 0.1) is 0 Å². The first-order valence-electron chi connectivity index (χ1n) is 5.78. The number of hydrogen-bond donors (Lipinski definition) is 1. The van der Waals surface area contributed by atoms with Gasteiger partial charge < -0.3 is 19.5 Å². The van der Waals surface area contributed by atoms with Gasteiger partial charge in [0.1, 0.15) is 6.61 Å². The van der Waals surface area contributed by atoms with Crippen LogP contribution < -0.4 is 14.4 Å². The van der Waals surface area contributed by atoms with E-state index in [1.54, 1.807) is 7.11 Å². The maximum absolute atomic E-state index is 9.91. The highest BCUT2D eigenvalue weighted by atomic mass is 16.5. The van der Waals surface area contributed by atoms with Crippen LogP contribution in [0.15, 0.2) is 18.2 Å². The molecule has 0 bridgehead atoms. The van der Waals surface area contributed by atoms with Crippen molar-refractivity contribution in [2.24, 2.45) is 0 Å². The number of β-amino-alcohol motifs (C(OH)–C–C–N with tert-alkyl or cyclic N) is 1. The van der Waals surface area contributed by atoms with Crippen molar-refractivity contribution < 1.29 is 14.6 Å². The van der Waals surface area contributed by atoms with Gasteiger partial charge in [0.25, 0.3) is 0 Å². The van der Waals surface area contributed by atoms with Gasteiger partial charge in [-0.3, -0.25) is 0 Å². The Morgan fingerprint density at radius 3 is 2.88 bits per heavy atom. The first-order valence-corrected chi connectivity index (χ1v) is 5.78. The molecule has 1 aromatic rings. The van der Waals surface area contributed by atoms with Gasteiger partial charge in [-0.15, -0.1) is 0 Å². The number of ether oxygens (including phenoxy) is 2. The molecule has 1 aromatic carbocycles. The van der Waals surface area contributed by atoms with Crippen molar-refractivity contribution in [1.29, 1.82) is 0 Å². The quantitative estimate of drug-likeness (QED) is 0.868. The molecule has 0 aromatic heterocycles. The van der Waals surface area contributed by atoms with Crippen molar-refractivity contribution >= 4 is 5.69 Å². The zero-order chi connectivity index (χ0) is 12.5. The second kappa shape index (κ2) is 4.45. The van der Waals surface area contributed by atoms with E-state index >= 15 is 0 Å². The average molecular weight is 237 g/mol. The second-order valence-electron chi connectivity index (χ2n) is 4.89. The molecule has 1 heterocycles. The van der Waals surface area contributed by atoms with E-state index in [2.05, 4.69) is 4.90 Å². The van der Waals surface area contributed by atoms with Crippen LogP contribution in [0.2, 0.25) is 0 Å². The van der Waals surface area contributed by atoms with E-state index in [0.717, 1.165) is 23.7 Å². The smallest absolute Gasteiger partial charge is 0.184 e. The molecule has 1 N–H and O–H groups in total. The first kappa shape index (κ1) is 12.0. The number of aliphatic hydroxyl groups is 1. The average Bonchev–Trinajstić information content (AvgIpc) is 2.27. The molecule has 4 heteroatoms. The van der Waals surface area contributed by atoms with Crippen LogP contribution in [0.1, 0.15) is 13.8 Å². The fraction of sp³-hybridized carbons (Fsp3) is 0.538. The van der Waals surface area contributed by atoms with Gasteiger partial charge in [0.15, 0.2) is 11.5 Å². The largest absolute Gasteiger partial charge is 0.493 e. The lowest BCUT2D eigenvalue weighted by Gasteiger charge is -2.35. The third-order valence-electron chi connectivity index (χ3n) is 2.70. The Balaban J connectivity index is 2.31. The van der Waals surface area contributed by atoms with Crippen molar-refractivity contribution in [3.8, 4) is 11.5 Å². The van der Waals surface area contributed by atoms with Gasteiger partial charge in [-0.25, -0.2) is 0 Å². The Bertz CT molecular complexity index is 398.